The number of allylic oxidation sites excluding steroid dienone is 1. The number of amides is 1. The van der Waals surface area contributed by atoms with Gasteiger partial charge >= 0.3 is 5.97 Å². The molecule has 1 saturated heterocycles. The Morgan fingerprint density at radius 3 is 2.88 bits per heavy atom. The zero-order chi connectivity index (χ0) is 24.1. The molecule has 0 aliphatic carbocycles. The van der Waals surface area contributed by atoms with Crippen molar-refractivity contribution in [3.63, 3.8) is 0 Å². The van der Waals surface area contributed by atoms with Crippen molar-refractivity contribution in [3.05, 3.63) is 57.2 Å². The highest BCUT2D eigenvalue weighted by Crippen LogP contribution is 2.46. The molecular formula is C24H28ClN3O5S. The van der Waals surface area contributed by atoms with Crippen LogP contribution in [0.4, 0.5) is 0 Å². The van der Waals surface area contributed by atoms with Gasteiger partial charge < -0.3 is 24.4 Å². The third kappa shape index (κ3) is 5.49. The number of thioether (sulfide) groups is 1. The van der Waals surface area contributed by atoms with Crippen LogP contribution in [-0.2, 0) is 23.8 Å². The maximum atomic E-state index is 13.2. The van der Waals surface area contributed by atoms with Crippen molar-refractivity contribution in [1.82, 2.24) is 10.2 Å². The highest BCUT2D eigenvalue weighted by atomic mass is 35.5. The molecule has 3 aliphatic rings. The molecule has 1 aromatic carbocycles. The van der Waals surface area contributed by atoms with Crippen LogP contribution in [0.1, 0.15) is 37.8 Å². The minimum atomic E-state index is -0.566. The van der Waals surface area contributed by atoms with Crippen LogP contribution in [0.15, 0.2) is 51.6 Å². The number of carbonyl (C=O) groups excluding carboxylic acids is 2. The summed E-state index contributed by atoms with van der Waals surface area (Å²) >= 11 is 8.01. The van der Waals surface area contributed by atoms with Crippen LogP contribution in [0.2, 0.25) is 5.02 Å². The van der Waals surface area contributed by atoms with Crippen molar-refractivity contribution in [2.75, 3.05) is 33.5 Å². The molecular weight excluding hydrogens is 478 g/mol. The first kappa shape index (κ1) is 24.8. The Morgan fingerprint density at radius 1 is 1.32 bits per heavy atom. The van der Waals surface area contributed by atoms with E-state index in [-0.39, 0.29) is 25.0 Å². The maximum absolute atomic E-state index is 13.2. The standard InChI is InChI=1S/C24H28ClN3O5S/c1-15-21(23(30)33-11-10-31-2)22(18-7-3-4-8-19(18)25)28-16(14-34-24(28)27-15)12-20(29)26-13-17-6-5-9-32-17/h3-4,7-8,14,17,22H,5-6,9-13H2,1-2H3,(H,26,29). The Bertz CT molecular complexity index is 1040. The van der Waals surface area contributed by atoms with Crippen molar-refractivity contribution in [1.29, 1.82) is 0 Å². The Kier molecular flexibility index (Phi) is 8.31. The number of fused-ring (bicyclic) bond motifs is 1. The molecule has 2 unspecified atom stereocenters. The van der Waals surface area contributed by atoms with E-state index in [1.165, 1.54) is 11.8 Å². The average Bonchev–Trinajstić information content (AvgIpc) is 3.47. The number of carbonyl (C=O) groups is 2. The fraction of sp³-hybridized carbons (Fsp3) is 0.458. The quantitative estimate of drug-likeness (QED) is 0.403. The van der Waals surface area contributed by atoms with Crippen LogP contribution < -0.4 is 5.32 Å². The molecule has 1 aromatic rings. The molecule has 34 heavy (non-hydrogen) atoms. The van der Waals surface area contributed by atoms with Crippen LogP contribution in [0, 0.1) is 0 Å². The molecule has 182 valence electrons. The summed E-state index contributed by atoms with van der Waals surface area (Å²) in [7, 11) is 1.55. The number of benzene rings is 1. The van der Waals surface area contributed by atoms with Gasteiger partial charge in [-0.15, -0.1) is 0 Å². The first-order valence-electron chi connectivity index (χ1n) is 11.2. The first-order chi connectivity index (χ1) is 16.5. The van der Waals surface area contributed by atoms with Gasteiger partial charge in [0, 0.05) is 31.0 Å². The number of halogens is 1. The second kappa shape index (κ2) is 11.4. The number of nitrogens with zero attached hydrogens (tertiary/aromatic N) is 2. The lowest BCUT2D eigenvalue weighted by Crippen LogP contribution is -2.39. The van der Waals surface area contributed by atoms with Crippen LogP contribution in [-0.4, -0.2) is 61.5 Å². The normalized spacial score (nSPS) is 21.8. The van der Waals surface area contributed by atoms with Crippen molar-refractivity contribution in [3.8, 4) is 0 Å². The van der Waals surface area contributed by atoms with Gasteiger partial charge in [-0.25, -0.2) is 9.79 Å². The first-order valence-corrected chi connectivity index (χ1v) is 12.5. The van der Waals surface area contributed by atoms with Gasteiger partial charge in [-0.3, -0.25) is 4.79 Å². The van der Waals surface area contributed by atoms with Crippen molar-refractivity contribution >= 4 is 40.4 Å². The van der Waals surface area contributed by atoms with E-state index in [2.05, 4.69) is 10.3 Å². The molecule has 2 atom stereocenters. The summed E-state index contributed by atoms with van der Waals surface area (Å²) in [5.41, 5.74) is 2.43. The van der Waals surface area contributed by atoms with Crippen LogP contribution in [0.5, 0.6) is 0 Å². The summed E-state index contributed by atoms with van der Waals surface area (Å²) in [4.78, 5) is 32.5. The van der Waals surface area contributed by atoms with Gasteiger partial charge in [0.05, 0.1) is 36.4 Å². The molecule has 10 heteroatoms. The van der Waals surface area contributed by atoms with E-state index in [0.29, 0.717) is 34.6 Å². The lowest BCUT2D eigenvalue weighted by atomic mass is 9.93. The van der Waals surface area contributed by atoms with Crippen molar-refractivity contribution < 1.29 is 23.8 Å². The summed E-state index contributed by atoms with van der Waals surface area (Å²) in [6.07, 6.45) is 2.18. The number of aliphatic imine (C=N–C) groups is 1. The van der Waals surface area contributed by atoms with Gasteiger partial charge in [0.2, 0.25) is 5.91 Å². The monoisotopic (exact) mass is 505 g/mol. The number of esters is 1. The topological polar surface area (TPSA) is 89.5 Å². The summed E-state index contributed by atoms with van der Waals surface area (Å²) in [5, 5.41) is 6.08. The Morgan fingerprint density at radius 2 is 2.15 bits per heavy atom. The Hall–Kier alpha value is -2.33. The van der Waals surface area contributed by atoms with Gasteiger partial charge in [0.15, 0.2) is 5.17 Å². The Balaban J connectivity index is 1.59. The van der Waals surface area contributed by atoms with Gasteiger partial charge in [-0.2, -0.15) is 0 Å². The fourth-order valence-electron chi connectivity index (χ4n) is 4.18. The molecule has 0 radical (unpaired) electrons. The average molecular weight is 506 g/mol. The van der Waals surface area contributed by atoms with Gasteiger partial charge in [0.1, 0.15) is 6.61 Å². The summed E-state index contributed by atoms with van der Waals surface area (Å²) < 4.78 is 16.1. The maximum Gasteiger partial charge on any atom is 0.338 e. The van der Waals surface area contributed by atoms with E-state index >= 15 is 0 Å². The predicted octanol–water partition coefficient (Wildman–Crippen LogP) is 3.79. The molecule has 3 aliphatic heterocycles. The molecule has 0 bridgehead atoms. The lowest BCUT2D eigenvalue weighted by molar-refractivity contribution is -0.141. The van der Waals surface area contributed by atoms with Crippen molar-refractivity contribution in [2.24, 2.45) is 4.99 Å². The number of ether oxygens (including phenoxy) is 3. The van der Waals surface area contributed by atoms with Crippen LogP contribution in [0.3, 0.4) is 0 Å². The van der Waals surface area contributed by atoms with Crippen molar-refractivity contribution in [2.45, 2.75) is 38.3 Å². The molecule has 0 saturated carbocycles. The minimum absolute atomic E-state index is 0.0675. The fourth-order valence-corrected chi connectivity index (χ4v) is 5.38. The third-order valence-electron chi connectivity index (χ3n) is 5.83. The summed E-state index contributed by atoms with van der Waals surface area (Å²) in [6.45, 7) is 3.43. The number of rotatable bonds is 9. The van der Waals surface area contributed by atoms with Gasteiger partial charge in [0.25, 0.3) is 0 Å². The molecule has 1 amide bonds. The largest absolute Gasteiger partial charge is 0.460 e. The number of methoxy groups -OCH3 is 1. The molecule has 1 N–H and O–H groups in total. The second-order valence-corrected chi connectivity index (χ2v) is 9.40. The van der Waals surface area contributed by atoms with Crippen LogP contribution in [0.25, 0.3) is 0 Å². The second-order valence-electron chi connectivity index (χ2n) is 8.16. The lowest BCUT2D eigenvalue weighted by Gasteiger charge is -2.36. The molecule has 0 aromatic heterocycles. The van der Waals surface area contributed by atoms with E-state index in [0.717, 1.165) is 30.7 Å². The SMILES string of the molecule is COCCOC(=O)C1=C(C)N=C2SC=C(CC(=O)NCC3CCCO3)N2C1c1ccccc1Cl. The number of nitrogens with one attached hydrogen (secondary N) is 1. The number of hydrogen-bond donors (Lipinski definition) is 1. The van der Waals surface area contributed by atoms with E-state index in [4.69, 9.17) is 25.8 Å². The minimum Gasteiger partial charge on any atom is -0.460 e. The summed E-state index contributed by atoms with van der Waals surface area (Å²) in [5.74, 6) is -0.599. The molecule has 8 nitrogen and oxygen atoms in total. The van der Waals surface area contributed by atoms with E-state index in [1.54, 1.807) is 20.1 Å². The number of amidine groups is 1. The Labute approximate surface area is 208 Å². The highest BCUT2D eigenvalue weighted by Gasteiger charge is 2.41. The van der Waals surface area contributed by atoms with Gasteiger partial charge in [-0.1, -0.05) is 41.6 Å². The zero-order valence-electron chi connectivity index (χ0n) is 19.2. The molecule has 0 spiro atoms. The predicted molar refractivity (Wildman–Crippen MR) is 131 cm³/mol. The van der Waals surface area contributed by atoms with E-state index in [9.17, 15) is 9.59 Å². The van der Waals surface area contributed by atoms with E-state index in [1.807, 2.05) is 28.5 Å². The van der Waals surface area contributed by atoms with Gasteiger partial charge in [-0.05, 0) is 36.8 Å². The summed E-state index contributed by atoms with van der Waals surface area (Å²) in [6, 6.07) is 6.81. The third-order valence-corrected chi connectivity index (χ3v) is 7.07. The zero-order valence-corrected chi connectivity index (χ0v) is 20.8. The number of hydrogen-bond acceptors (Lipinski definition) is 8. The van der Waals surface area contributed by atoms with Crippen LogP contribution >= 0.6 is 23.4 Å². The molecule has 1 fully saturated rings. The highest BCUT2D eigenvalue weighted by molar-refractivity contribution is 8.16. The molecule has 3 heterocycles. The molecule has 4 rings (SSSR count). The smallest absolute Gasteiger partial charge is 0.338 e. The van der Waals surface area contributed by atoms with E-state index < -0.39 is 12.0 Å².